The number of carbonyl (C=O) groups excluding carboxylic acids is 1. The largest absolute Gasteiger partial charge is 0.480 e. The van der Waals surface area contributed by atoms with Crippen LogP contribution >= 0.6 is 12.6 Å². The molecule has 112 valence electrons. The highest BCUT2D eigenvalue weighted by molar-refractivity contribution is 7.80. The Hall–Kier alpha value is -1.49. The molecule has 2 aliphatic heterocycles. The van der Waals surface area contributed by atoms with Crippen LogP contribution in [-0.2, 0) is 16.0 Å². The van der Waals surface area contributed by atoms with Gasteiger partial charge in [-0.05, 0) is 36.8 Å². The highest BCUT2D eigenvalue weighted by atomic mass is 32.1. The van der Waals surface area contributed by atoms with Gasteiger partial charge in [0.05, 0.1) is 12.0 Å². The van der Waals surface area contributed by atoms with Gasteiger partial charge in [0.1, 0.15) is 6.04 Å². The number of thiol groups is 1. The molecule has 0 bridgehead atoms. The lowest BCUT2D eigenvalue weighted by Crippen LogP contribution is -2.51. The first-order valence-electron chi connectivity index (χ1n) is 7.37. The summed E-state index contributed by atoms with van der Waals surface area (Å²) in [4.78, 5) is 26.0. The van der Waals surface area contributed by atoms with Crippen LogP contribution in [0.25, 0.3) is 0 Å². The van der Waals surface area contributed by atoms with Crippen molar-refractivity contribution in [2.45, 2.75) is 37.8 Å². The zero-order valence-corrected chi connectivity index (χ0v) is 12.6. The normalized spacial score (nSPS) is 28.5. The van der Waals surface area contributed by atoms with Gasteiger partial charge < -0.3 is 10.0 Å². The average Bonchev–Trinajstić information content (AvgIpc) is 2.62. The van der Waals surface area contributed by atoms with Crippen molar-refractivity contribution in [1.29, 1.82) is 0 Å². The molecule has 1 amide bonds. The number of carboxylic acid groups (broad SMARTS) is 1. The molecule has 21 heavy (non-hydrogen) atoms. The van der Waals surface area contributed by atoms with Gasteiger partial charge in [0.2, 0.25) is 5.91 Å². The van der Waals surface area contributed by atoms with Gasteiger partial charge in [-0.3, -0.25) is 4.79 Å². The van der Waals surface area contributed by atoms with Crippen LogP contribution in [0.1, 0.15) is 36.4 Å². The zero-order chi connectivity index (χ0) is 15.0. The Kier molecular flexibility index (Phi) is 3.93. The van der Waals surface area contributed by atoms with Gasteiger partial charge in [-0.25, -0.2) is 4.79 Å². The van der Waals surface area contributed by atoms with E-state index < -0.39 is 12.0 Å². The standard InChI is InChI=1S/C16H19NO3S/c18-15-11(9-21)8-10-4-1-2-5-12(10)13-6-3-7-14(16(19)20)17(13)15/h1-2,4-5,11,13-14,21H,3,6-9H2,(H,19,20)/t11-,13+,14-/m0/s1. The molecule has 0 radical (unpaired) electrons. The SMILES string of the molecule is O=C(O)[C@@H]1CCC[C@@H]2c3ccccc3C[C@@H](CS)C(=O)N21. The highest BCUT2D eigenvalue weighted by Crippen LogP contribution is 2.40. The third kappa shape index (κ3) is 2.44. The van der Waals surface area contributed by atoms with E-state index in [2.05, 4.69) is 12.6 Å². The summed E-state index contributed by atoms with van der Waals surface area (Å²) in [7, 11) is 0. The van der Waals surface area contributed by atoms with Crippen molar-refractivity contribution in [3.8, 4) is 0 Å². The maximum Gasteiger partial charge on any atom is 0.326 e. The Bertz CT molecular complexity index is 574. The third-order valence-electron chi connectivity index (χ3n) is 4.62. The lowest BCUT2D eigenvalue weighted by molar-refractivity contribution is -0.156. The van der Waals surface area contributed by atoms with Crippen molar-refractivity contribution in [3.05, 3.63) is 35.4 Å². The van der Waals surface area contributed by atoms with E-state index in [4.69, 9.17) is 0 Å². The third-order valence-corrected chi connectivity index (χ3v) is 5.06. The fourth-order valence-corrected chi connectivity index (χ4v) is 3.89. The van der Waals surface area contributed by atoms with Gasteiger partial charge in [0.15, 0.2) is 0 Å². The zero-order valence-electron chi connectivity index (χ0n) is 11.7. The Morgan fingerprint density at radius 2 is 2.10 bits per heavy atom. The molecular weight excluding hydrogens is 286 g/mol. The Labute approximate surface area is 129 Å². The van der Waals surface area contributed by atoms with Crippen molar-refractivity contribution >= 4 is 24.5 Å². The molecule has 2 heterocycles. The Balaban J connectivity index is 2.10. The van der Waals surface area contributed by atoms with Gasteiger partial charge in [-0.2, -0.15) is 12.6 Å². The summed E-state index contributed by atoms with van der Waals surface area (Å²) < 4.78 is 0. The van der Waals surface area contributed by atoms with Crippen LogP contribution in [0.3, 0.4) is 0 Å². The smallest absolute Gasteiger partial charge is 0.326 e. The number of fused-ring (bicyclic) bond motifs is 3. The minimum absolute atomic E-state index is 0.0571. The number of hydrogen-bond acceptors (Lipinski definition) is 3. The summed E-state index contributed by atoms with van der Waals surface area (Å²) in [5.41, 5.74) is 2.27. The van der Waals surface area contributed by atoms with Crippen LogP contribution in [0.2, 0.25) is 0 Å². The minimum Gasteiger partial charge on any atom is -0.480 e. The summed E-state index contributed by atoms with van der Waals surface area (Å²) in [5.74, 6) is -0.744. The first kappa shape index (κ1) is 14.4. The number of carbonyl (C=O) groups is 2. The van der Waals surface area contributed by atoms with E-state index in [1.165, 1.54) is 0 Å². The van der Waals surface area contributed by atoms with Crippen molar-refractivity contribution in [2.75, 3.05) is 5.75 Å². The molecule has 0 unspecified atom stereocenters. The summed E-state index contributed by atoms with van der Waals surface area (Å²) in [6.07, 6.45) is 2.87. The topological polar surface area (TPSA) is 57.6 Å². The maximum atomic E-state index is 12.8. The molecule has 0 aromatic heterocycles. The maximum absolute atomic E-state index is 12.8. The molecule has 2 aliphatic rings. The quantitative estimate of drug-likeness (QED) is 0.824. The second-order valence-corrected chi connectivity index (χ2v) is 6.19. The number of hydrogen-bond donors (Lipinski definition) is 2. The molecule has 0 saturated carbocycles. The summed E-state index contributed by atoms with van der Waals surface area (Å²) in [5, 5.41) is 9.48. The fourth-order valence-electron chi connectivity index (χ4n) is 3.61. The number of rotatable bonds is 2. The lowest BCUT2D eigenvalue weighted by Gasteiger charge is -2.40. The monoisotopic (exact) mass is 305 g/mol. The van der Waals surface area contributed by atoms with E-state index in [9.17, 15) is 14.7 Å². The van der Waals surface area contributed by atoms with Gasteiger partial charge in [0, 0.05) is 5.75 Å². The number of aliphatic carboxylic acids is 1. The second kappa shape index (κ2) is 5.72. The molecule has 1 fully saturated rings. The Morgan fingerprint density at radius 3 is 2.81 bits per heavy atom. The second-order valence-electron chi connectivity index (χ2n) is 5.83. The molecule has 1 aromatic carbocycles. The molecule has 5 heteroatoms. The number of piperidine rings is 1. The van der Waals surface area contributed by atoms with Gasteiger partial charge in [0.25, 0.3) is 0 Å². The van der Waals surface area contributed by atoms with Crippen LogP contribution in [0, 0.1) is 5.92 Å². The molecule has 4 nitrogen and oxygen atoms in total. The van der Waals surface area contributed by atoms with Crippen LogP contribution in [0.15, 0.2) is 24.3 Å². The molecular formula is C16H19NO3S. The van der Waals surface area contributed by atoms with Gasteiger partial charge in [-0.1, -0.05) is 24.3 Å². The van der Waals surface area contributed by atoms with Crippen LogP contribution < -0.4 is 0 Å². The summed E-state index contributed by atoms with van der Waals surface area (Å²) >= 11 is 4.31. The predicted octanol–water partition coefficient (Wildman–Crippen LogP) is 2.30. The molecule has 0 aliphatic carbocycles. The number of nitrogens with zero attached hydrogens (tertiary/aromatic N) is 1. The van der Waals surface area contributed by atoms with E-state index in [-0.39, 0.29) is 17.9 Å². The first-order valence-corrected chi connectivity index (χ1v) is 8.00. The number of amides is 1. The summed E-state index contributed by atoms with van der Waals surface area (Å²) in [6, 6.07) is 7.22. The number of carboxylic acids is 1. The molecule has 1 saturated heterocycles. The van der Waals surface area contributed by atoms with Gasteiger partial charge >= 0.3 is 5.97 Å². The lowest BCUT2D eigenvalue weighted by atomic mass is 9.89. The van der Waals surface area contributed by atoms with Gasteiger partial charge in [-0.15, -0.1) is 0 Å². The average molecular weight is 305 g/mol. The van der Waals surface area contributed by atoms with Crippen LogP contribution in [0.5, 0.6) is 0 Å². The molecule has 0 spiro atoms. The van der Waals surface area contributed by atoms with E-state index in [0.29, 0.717) is 18.6 Å². The molecule has 3 rings (SSSR count). The molecule has 3 atom stereocenters. The van der Waals surface area contributed by atoms with E-state index in [0.717, 1.165) is 24.0 Å². The Morgan fingerprint density at radius 1 is 1.33 bits per heavy atom. The fraction of sp³-hybridized carbons (Fsp3) is 0.500. The van der Waals surface area contributed by atoms with Crippen molar-refractivity contribution in [2.24, 2.45) is 5.92 Å². The van der Waals surface area contributed by atoms with Crippen molar-refractivity contribution < 1.29 is 14.7 Å². The van der Waals surface area contributed by atoms with Crippen molar-refractivity contribution in [1.82, 2.24) is 4.90 Å². The van der Waals surface area contributed by atoms with E-state index >= 15 is 0 Å². The predicted molar refractivity (Wildman–Crippen MR) is 82.4 cm³/mol. The summed E-state index contributed by atoms with van der Waals surface area (Å²) in [6.45, 7) is 0. The first-order chi connectivity index (χ1) is 10.1. The highest BCUT2D eigenvalue weighted by Gasteiger charge is 2.43. The minimum atomic E-state index is -0.898. The van der Waals surface area contributed by atoms with Crippen LogP contribution in [-0.4, -0.2) is 33.7 Å². The molecule has 1 aromatic rings. The number of benzene rings is 1. The van der Waals surface area contributed by atoms with E-state index in [1.54, 1.807) is 4.90 Å². The molecule has 1 N–H and O–H groups in total. The van der Waals surface area contributed by atoms with E-state index in [1.807, 2.05) is 24.3 Å². The van der Waals surface area contributed by atoms with Crippen molar-refractivity contribution in [3.63, 3.8) is 0 Å². The van der Waals surface area contributed by atoms with Crippen LogP contribution in [0.4, 0.5) is 0 Å².